The zero-order chi connectivity index (χ0) is 10.1. The van der Waals surface area contributed by atoms with Crippen LogP contribution in [0.1, 0.15) is 5.56 Å². The summed E-state index contributed by atoms with van der Waals surface area (Å²) in [6.45, 7) is 0.798. The molecule has 1 aliphatic heterocycles. The third-order valence-corrected chi connectivity index (χ3v) is 2.54. The van der Waals surface area contributed by atoms with Crippen molar-refractivity contribution in [2.24, 2.45) is 0 Å². The van der Waals surface area contributed by atoms with Crippen molar-refractivity contribution in [1.82, 2.24) is 0 Å². The molecule has 1 aromatic rings. The average molecular weight is 258 g/mol. The van der Waals surface area contributed by atoms with Gasteiger partial charge in [-0.15, -0.1) is 0 Å². The summed E-state index contributed by atoms with van der Waals surface area (Å²) in [4.78, 5) is 0. The van der Waals surface area contributed by atoms with Crippen molar-refractivity contribution >= 4 is 15.9 Å². The lowest BCUT2D eigenvalue weighted by atomic mass is 10.2. The lowest BCUT2D eigenvalue weighted by Crippen LogP contribution is -2.16. The number of hydrogen-bond acceptors (Lipinski definition) is 3. The van der Waals surface area contributed by atoms with Crippen LogP contribution in [0.4, 0.5) is 4.39 Å². The minimum atomic E-state index is -0.614. The number of nitriles is 1. The lowest BCUT2D eigenvalue weighted by molar-refractivity contribution is 0.169. The highest BCUT2D eigenvalue weighted by Gasteiger charge is 2.21. The summed E-state index contributed by atoms with van der Waals surface area (Å²) in [5, 5.41) is 8.64. The van der Waals surface area contributed by atoms with Crippen LogP contribution in [0.15, 0.2) is 10.5 Å². The van der Waals surface area contributed by atoms with E-state index in [0.29, 0.717) is 24.7 Å². The van der Waals surface area contributed by atoms with Crippen molar-refractivity contribution < 1.29 is 13.9 Å². The van der Waals surface area contributed by atoms with Gasteiger partial charge in [-0.05, 0) is 15.9 Å². The highest BCUT2D eigenvalue weighted by Crippen LogP contribution is 2.40. The quantitative estimate of drug-likeness (QED) is 0.716. The van der Waals surface area contributed by atoms with E-state index in [9.17, 15) is 4.39 Å². The summed E-state index contributed by atoms with van der Waals surface area (Å²) in [6.07, 6.45) is 0. The third kappa shape index (κ3) is 1.32. The zero-order valence-electron chi connectivity index (χ0n) is 7.01. The molecule has 2 rings (SSSR count). The van der Waals surface area contributed by atoms with Crippen LogP contribution in [-0.4, -0.2) is 13.2 Å². The van der Waals surface area contributed by atoms with Gasteiger partial charge in [0.05, 0.1) is 5.56 Å². The van der Waals surface area contributed by atoms with Gasteiger partial charge in [-0.25, -0.2) is 4.39 Å². The van der Waals surface area contributed by atoms with Gasteiger partial charge in [0.25, 0.3) is 0 Å². The number of benzene rings is 1. The fourth-order valence-corrected chi connectivity index (χ4v) is 1.73. The van der Waals surface area contributed by atoms with E-state index in [1.165, 1.54) is 6.07 Å². The average Bonchev–Trinajstić information content (AvgIpc) is 2.23. The van der Waals surface area contributed by atoms with Gasteiger partial charge in [0.15, 0.2) is 17.3 Å². The number of hydrogen-bond donors (Lipinski definition) is 0. The molecule has 0 atom stereocenters. The van der Waals surface area contributed by atoms with Gasteiger partial charge in [0.2, 0.25) is 0 Å². The van der Waals surface area contributed by atoms with Crippen molar-refractivity contribution in [3.8, 4) is 17.6 Å². The number of rotatable bonds is 0. The number of fused-ring (bicyclic) bond motifs is 1. The van der Waals surface area contributed by atoms with E-state index >= 15 is 0 Å². The molecule has 1 aliphatic rings. The van der Waals surface area contributed by atoms with Crippen molar-refractivity contribution in [1.29, 1.82) is 5.26 Å². The molecule has 0 unspecified atom stereocenters. The van der Waals surface area contributed by atoms with Gasteiger partial charge in [0, 0.05) is 6.07 Å². The molecular weight excluding hydrogens is 253 g/mol. The van der Waals surface area contributed by atoms with Crippen LogP contribution in [0.3, 0.4) is 0 Å². The van der Waals surface area contributed by atoms with Gasteiger partial charge in [-0.3, -0.25) is 0 Å². The standard InChI is InChI=1S/C9H5BrFNO2/c10-7-8(11)5(4-12)3-6-9(7)14-2-1-13-6/h3H,1-2H2. The summed E-state index contributed by atoms with van der Waals surface area (Å²) in [7, 11) is 0. The minimum absolute atomic E-state index is 0.0545. The number of ether oxygens (including phenoxy) is 2. The van der Waals surface area contributed by atoms with E-state index in [0.717, 1.165) is 0 Å². The van der Waals surface area contributed by atoms with Crippen LogP contribution in [0.5, 0.6) is 11.5 Å². The Labute approximate surface area is 88.2 Å². The minimum Gasteiger partial charge on any atom is -0.486 e. The van der Waals surface area contributed by atoms with Crippen LogP contribution < -0.4 is 9.47 Å². The predicted octanol–water partition coefficient (Wildman–Crippen LogP) is 2.23. The molecule has 0 saturated carbocycles. The fourth-order valence-electron chi connectivity index (χ4n) is 1.20. The Hall–Kier alpha value is -1.28. The molecule has 0 fully saturated rings. The summed E-state index contributed by atoms with van der Waals surface area (Å²) in [5.74, 6) is 0.116. The van der Waals surface area contributed by atoms with Crippen molar-refractivity contribution in [3.05, 3.63) is 21.9 Å². The molecular formula is C9H5BrFNO2. The largest absolute Gasteiger partial charge is 0.486 e. The molecule has 0 N–H and O–H groups in total. The highest BCUT2D eigenvalue weighted by atomic mass is 79.9. The summed E-state index contributed by atoms with van der Waals surface area (Å²) >= 11 is 3.03. The molecule has 0 aromatic heterocycles. The number of halogens is 2. The van der Waals surface area contributed by atoms with Crippen LogP contribution in [-0.2, 0) is 0 Å². The molecule has 5 heteroatoms. The highest BCUT2D eigenvalue weighted by molar-refractivity contribution is 9.10. The van der Waals surface area contributed by atoms with Gasteiger partial charge < -0.3 is 9.47 Å². The van der Waals surface area contributed by atoms with Gasteiger partial charge >= 0.3 is 0 Å². The molecule has 0 spiro atoms. The Morgan fingerprint density at radius 2 is 2.14 bits per heavy atom. The fraction of sp³-hybridized carbons (Fsp3) is 0.222. The van der Waals surface area contributed by atoms with E-state index < -0.39 is 5.82 Å². The molecule has 3 nitrogen and oxygen atoms in total. The van der Waals surface area contributed by atoms with Crippen molar-refractivity contribution in [2.45, 2.75) is 0 Å². The van der Waals surface area contributed by atoms with Crippen LogP contribution >= 0.6 is 15.9 Å². The van der Waals surface area contributed by atoms with Crippen LogP contribution in [0.2, 0.25) is 0 Å². The second kappa shape index (κ2) is 3.46. The van der Waals surface area contributed by atoms with Gasteiger partial charge in [-0.1, -0.05) is 0 Å². The second-order valence-electron chi connectivity index (χ2n) is 2.69. The van der Waals surface area contributed by atoms with Crippen LogP contribution in [0.25, 0.3) is 0 Å². The predicted molar refractivity (Wildman–Crippen MR) is 49.8 cm³/mol. The Morgan fingerprint density at radius 3 is 2.86 bits per heavy atom. The van der Waals surface area contributed by atoms with E-state index in [1.807, 2.05) is 0 Å². The van der Waals surface area contributed by atoms with E-state index in [4.69, 9.17) is 14.7 Å². The van der Waals surface area contributed by atoms with E-state index in [1.54, 1.807) is 6.07 Å². The first kappa shape index (κ1) is 9.28. The van der Waals surface area contributed by atoms with Gasteiger partial charge in [-0.2, -0.15) is 5.26 Å². The molecule has 14 heavy (non-hydrogen) atoms. The Kier molecular flexibility index (Phi) is 2.30. The second-order valence-corrected chi connectivity index (χ2v) is 3.48. The maximum absolute atomic E-state index is 13.4. The van der Waals surface area contributed by atoms with E-state index in [2.05, 4.69) is 15.9 Å². The maximum Gasteiger partial charge on any atom is 0.178 e. The molecule has 0 bridgehead atoms. The first-order valence-corrected chi connectivity index (χ1v) is 4.71. The molecule has 1 aromatic carbocycles. The SMILES string of the molecule is N#Cc1cc2c(c(Br)c1F)OCCO2. The number of nitrogens with zero attached hydrogens (tertiary/aromatic N) is 1. The first-order valence-electron chi connectivity index (χ1n) is 3.91. The lowest BCUT2D eigenvalue weighted by Gasteiger charge is -2.19. The molecule has 0 amide bonds. The molecule has 0 saturated heterocycles. The molecule has 0 aliphatic carbocycles. The molecule has 0 radical (unpaired) electrons. The zero-order valence-corrected chi connectivity index (χ0v) is 8.60. The van der Waals surface area contributed by atoms with Crippen LogP contribution in [0, 0.1) is 17.1 Å². The van der Waals surface area contributed by atoms with E-state index in [-0.39, 0.29) is 10.0 Å². The first-order chi connectivity index (χ1) is 6.74. The smallest absolute Gasteiger partial charge is 0.178 e. The maximum atomic E-state index is 13.4. The van der Waals surface area contributed by atoms with Crippen molar-refractivity contribution in [2.75, 3.05) is 13.2 Å². The topological polar surface area (TPSA) is 42.2 Å². The Balaban J connectivity index is 2.64. The summed E-state index contributed by atoms with van der Waals surface area (Å²) in [5.41, 5.74) is -0.0545. The summed E-state index contributed by atoms with van der Waals surface area (Å²) in [6, 6.07) is 3.09. The monoisotopic (exact) mass is 257 g/mol. The van der Waals surface area contributed by atoms with Gasteiger partial charge in [0.1, 0.15) is 23.8 Å². The van der Waals surface area contributed by atoms with Crippen molar-refractivity contribution in [3.63, 3.8) is 0 Å². The Morgan fingerprint density at radius 1 is 1.43 bits per heavy atom. The Bertz CT molecular complexity index is 428. The normalized spacial score (nSPS) is 13.5. The summed E-state index contributed by atoms with van der Waals surface area (Å²) < 4.78 is 24.0. The molecule has 1 heterocycles. The molecule has 72 valence electrons. The third-order valence-electron chi connectivity index (χ3n) is 1.84.